The van der Waals surface area contributed by atoms with Crippen LogP contribution in [0, 0.1) is 0 Å². The van der Waals surface area contributed by atoms with Gasteiger partial charge >= 0.3 is 0 Å². The molecule has 0 saturated heterocycles. The number of aromatic nitrogens is 3. The molecule has 0 fully saturated rings. The number of anilines is 4. The standard InChI is InChI=1S/C8H10N6S/c1-14(5-2-3-15-4-5)8-12-6(9)11-7(10)13-8/h2-4H,1H3,(H4,9,10,11,12,13). The molecule has 78 valence electrons. The van der Waals surface area contributed by atoms with E-state index in [9.17, 15) is 0 Å². The minimum absolute atomic E-state index is 0.125. The van der Waals surface area contributed by atoms with Crippen LogP contribution in [0.25, 0.3) is 0 Å². The summed E-state index contributed by atoms with van der Waals surface area (Å²) in [6.45, 7) is 0. The van der Waals surface area contributed by atoms with Crippen molar-refractivity contribution in [3.8, 4) is 0 Å². The second kappa shape index (κ2) is 3.70. The van der Waals surface area contributed by atoms with Crippen LogP contribution in [0.5, 0.6) is 0 Å². The van der Waals surface area contributed by atoms with Crippen LogP contribution in [0.3, 0.4) is 0 Å². The van der Waals surface area contributed by atoms with Crippen LogP contribution in [0.1, 0.15) is 0 Å². The second-order valence-electron chi connectivity index (χ2n) is 2.89. The first kappa shape index (κ1) is 9.66. The van der Waals surface area contributed by atoms with Crippen molar-refractivity contribution in [2.45, 2.75) is 0 Å². The van der Waals surface area contributed by atoms with E-state index >= 15 is 0 Å². The van der Waals surface area contributed by atoms with Crippen molar-refractivity contribution in [3.63, 3.8) is 0 Å². The van der Waals surface area contributed by atoms with E-state index in [-0.39, 0.29) is 11.9 Å². The third-order valence-corrected chi connectivity index (χ3v) is 2.52. The Morgan fingerprint density at radius 1 is 1.20 bits per heavy atom. The molecule has 0 radical (unpaired) electrons. The zero-order chi connectivity index (χ0) is 10.8. The van der Waals surface area contributed by atoms with Gasteiger partial charge in [0.15, 0.2) is 0 Å². The Kier molecular flexibility index (Phi) is 2.38. The summed E-state index contributed by atoms with van der Waals surface area (Å²) in [6, 6.07) is 1.96. The number of thiophene rings is 1. The number of nitrogens with zero attached hydrogens (tertiary/aromatic N) is 4. The van der Waals surface area contributed by atoms with Gasteiger partial charge in [0.1, 0.15) is 0 Å². The van der Waals surface area contributed by atoms with Gasteiger partial charge in [-0.2, -0.15) is 26.3 Å². The van der Waals surface area contributed by atoms with Crippen molar-refractivity contribution in [1.82, 2.24) is 15.0 Å². The van der Waals surface area contributed by atoms with Crippen molar-refractivity contribution in [2.75, 3.05) is 23.4 Å². The molecule has 0 spiro atoms. The Morgan fingerprint density at radius 2 is 1.87 bits per heavy atom. The Morgan fingerprint density at radius 3 is 2.40 bits per heavy atom. The highest BCUT2D eigenvalue weighted by Crippen LogP contribution is 2.22. The zero-order valence-corrected chi connectivity index (χ0v) is 8.90. The molecule has 2 rings (SSSR count). The van der Waals surface area contributed by atoms with Gasteiger partial charge in [0, 0.05) is 12.4 Å². The lowest BCUT2D eigenvalue weighted by Crippen LogP contribution is -2.15. The average molecular weight is 222 g/mol. The van der Waals surface area contributed by atoms with E-state index in [1.807, 2.05) is 23.9 Å². The quantitative estimate of drug-likeness (QED) is 0.782. The first-order valence-electron chi connectivity index (χ1n) is 4.20. The van der Waals surface area contributed by atoms with Gasteiger partial charge in [0.2, 0.25) is 17.8 Å². The summed E-state index contributed by atoms with van der Waals surface area (Å²) >= 11 is 1.60. The van der Waals surface area contributed by atoms with Gasteiger partial charge < -0.3 is 16.4 Å². The van der Waals surface area contributed by atoms with Gasteiger partial charge in [-0.3, -0.25) is 0 Å². The summed E-state index contributed by atoms with van der Waals surface area (Å²) < 4.78 is 0. The maximum atomic E-state index is 5.48. The maximum Gasteiger partial charge on any atom is 0.236 e. The number of hydrogen-bond acceptors (Lipinski definition) is 7. The van der Waals surface area contributed by atoms with Crippen LogP contribution in [0.15, 0.2) is 16.8 Å². The van der Waals surface area contributed by atoms with E-state index in [2.05, 4.69) is 15.0 Å². The lowest BCUT2D eigenvalue weighted by Gasteiger charge is -2.15. The van der Waals surface area contributed by atoms with Crippen LogP contribution in [0.4, 0.5) is 23.5 Å². The van der Waals surface area contributed by atoms with Crippen molar-refractivity contribution in [3.05, 3.63) is 16.8 Å². The zero-order valence-electron chi connectivity index (χ0n) is 8.08. The van der Waals surface area contributed by atoms with Crippen LogP contribution in [0.2, 0.25) is 0 Å². The number of nitrogens with two attached hydrogens (primary N) is 2. The molecule has 2 aromatic heterocycles. The molecule has 15 heavy (non-hydrogen) atoms. The summed E-state index contributed by atoms with van der Waals surface area (Å²) in [4.78, 5) is 13.5. The van der Waals surface area contributed by atoms with E-state index in [1.165, 1.54) is 0 Å². The number of rotatable bonds is 2. The molecule has 2 aromatic rings. The molecule has 4 N–H and O–H groups in total. The van der Waals surface area contributed by atoms with E-state index in [4.69, 9.17) is 11.5 Å². The van der Waals surface area contributed by atoms with Crippen molar-refractivity contribution in [1.29, 1.82) is 0 Å². The largest absolute Gasteiger partial charge is 0.368 e. The predicted octanol–water partition coefficient (Wildman–Crippen LogP) is 0.865. The highest BCUT2D eigenvalue weighted by Gasteiger charge is 2.09. The third kappa shape index (κ3) is 1.96. The first-order chi connectivity index (χ1) is 7.16. The normalized spacial score (nSPS) is 10.2. The van der Waals surface area contributed by atoms with Crippen LogP contribution >= 0.6 is 11.3 Å². The molecule has 0 atom stereocenters. The second-order valence-corrected chi connectivity index (χ2v) is 3.67. The monoisotopic (exact) mass is 222 g/mol. The molecule has 0 aliphatic rings. The van der Waals surface area contributed by atoms with Crippen LogP contribution < -0.4 is 16.4 Å². The van der Waals surface area contributed by atoms with E-state index in [0.717, 1.165) is 5.69 Å². The Hall–Kier alpha value is -1.89. The lowest BCUT2D eigenvalue weighted by atomic mass is 10.5. The fourth-order valence-corrected chi connectivity index (χ4v) is 1.78. The number of nitrogen functional groups attached to an aromatic ring is 2. The maximum absolute atomic E-state index is 5.48. The summed E-state index contributed by atoms with van der Waals surface area (Å²) in [5.41, 5.74) is 12.0. The van der Waals surface area contributed by atoms with Gasteiger partial charge in [-0.25, -0.2) is 0 Å². The van der Waals surface area contributed by atoms with Crippen LogP contribution in [-0.2, 0) is 0 Å². The summed E-state index contributed by atoms with van der Waals surface area (Å²) in [7, 11) is 1.84. The minimum atomic E-state index is 0.125. The highest BCUT2D eigenvalue weighted by atomic mass is 32.1. The van der Waals surface area contributed by atoms with E-state index < -0.39 is 0 Å². The molecule has 0 unspecified atom stereocenters. The van der Waals surface area contributed by atoms with Gasteiger partial charge in [-0.1, -0.05) is 0 Å². The van der Waals surface area contributed by atoms with E-state index in [0.29, 0.717) is 5.95 Å². The molecule has 0 amide bonds. The van der Waals surface area contributed by atoms with Gasteiger partial charge in [-0.15, -0.1) is 0 Å². The molecule has 7 heteroatoms. The fraction of sp³-hybridized carbons (Fsp3) is 0.125. The molecule has 0 aliphatic heterocycles. The smallest absolute Gasteiger partial charge is 0.236 e. The summed E-state index contributed by atoms with van der Waals surface area (Å²) in [5.74, 6) is 0.692. The van der Waals surface area contributed by atoms with Gasteiger partial charge in [-0.05, 0) is 11.4 Å². The minimum Gasteiger partial charge on any atom is -0.368 e. The molecule has 0 aromatic carbocycles. The van der Waals surface area contributed by atoms with Gasteiger partial charge in [0.25, 0.3) is 0 Å². The lowest BCUT2D eigenvalue weighted by molar-refractivity contribution is 1.01. The van der Waals surface area contributed by atoms with Crippen LogP contribution in [-0.4, -0.2) is 22.0 Å². The third-order valence-electron chi connectivity index (χ3n) is 1.85. The molecule has 0 saturated carbocycles. The summed E-state index contributed by atoms with van der Waals surface area (Å²) in [5, 5.41) is 3.95. The predicted molar refractivity (Wildman–Crippen MR) is 61.0 cm³/mol. The Bertz CT molecular complexity index is 434. The fourth-order valence-electron chi connectivity index (χ4n) is 1.11. The Balaban J connectivity index is 2.37. The number of hydrogen-bond donors (Lipinski definition) is 2. The Labute approximate surface area is 90.6 Å². The topological polar surface area (TPSA) is 94.0 Å². The average Bonchev–Trinajstić information content (AvgIpc) is 2.67. The highest BCUT2D eigenvalue weighted by molar-refractivity contribution is 7.08. The molecule has 0 aliphatic carbocycles. The molecule has 0 bridgehead atoms. The van der Waals surface area contributed by atoms with Crippen molar-refractivity contribution < 1.29 is 0 Å². The first-order valence-corrected chi connectivity index (χ1v) is 5.14. The molecular weight excluding hydrogens is 212 g/mol. The SMILES string of the molecule is CN(c1ccsc1)c1nc(N)nc(N)n1. The summed E-state index contributed by atoms with van der Waals surface area (Å²) in [6.07, 6.45) is 0. The van der Waals surface area contributed by atoms with E-state index in [1.54, 1.807) is 16.2 Å². The van der Waals surface area contributed by atoms with Crippen molar-refractivity contribution in [2.24, 2.45) is 0 Å². The molecule has 6 nitrogen and oxygen atoms in total. The molecule has 2 heterocycles. The van der Waals surface area contributed by atoms with Gasteiger partial charge in [0.05, 0.1) is 5.69 Å². The van der Waals surface area contributed by atoms with Crippen molar-refractivity contribution >= 4 is 34.9 Å². The molecular formula is C8H10N6S.